The fraction of sp³-hybridized carbons (Fsp3) is 0.235. The van der Waals surface area contributed by atoms with E-state index in [9.17, 15) is 9.18 Å². The van der Waals surface area contributed by atoms with Gasteiger partial charge in [0.1, 0.15) is 11.9 Å². The summed E-state index contributed by atoms with van der Waals surface area (Å²) in [5.74, 6) is -0.485. The van der Waals surface area contributed by atoms with Crippen LogP contribution in [0.15, 0.2) is 42.5 Å². The van der Waals surface area contributed by atoms with Gasteiger partial charge in [-0.25, -0.2) is 4.39 Å². The summed E-state index contributed by atoms with van der Waals surface area (Å²) in [5, 5.41) is 6.03. The van der Waals surface area contributed by atoms with Gasteiger partial charge in [0.25, 0.3) is 5.91 Å². The van der Waals surface area contributed by atoms with E-state index in [0.717, 1.165) is 24.1 Å². The molecule has 2 aromatic rings. The zero-order chi connectivity index (χ0) is 14.8. The molecule has 1 heterocycles. The van der Waals surface area contributed by atoms with Crippen LogP contribution in [0.5, 0.6) is 0 Å². The van der Waals surface area contributed by atoms with Gasteiger partial charge in [-0.15, -0.1) is 0 Å². The third-order valence-electron chi connectivity index (χ3n) is 3.68. The van der Waals surface area contributed by atoms with Crippen LogP contribution in [-0.4, -0.2) is 5.91 Å². The number of para-hydroxylation sites is 1. The molecule has 21 heavy (non-hydrogen) atoms. The Morgan fingerprint density at radius 2 is 2.05 bits per heavy atom. The summed E-state index contributed by atoms with van der Waals surface area (Å²) in [6.07, 6.45) is 1.97. The van der Waals surface area contributed by atoms with Crippen molar-refractivity contribution in [3.05, 3.63) is 59.4 Å². The minimum absolute atomic E-state index is 0.151. The van der Waals surface area contributed by atoms with Crippen molar-refractivity contribution >= 4 is 17.3 Å². The first-order valence-electron chi connectivity index (χ1n) is 7.14. The minimum atomic E-state index is -0.547. The summed E-state index contributed by atoms with van der Waals surface area (Å²) in [6, 6.07) is 11.7. The standard InChI is InChI=1S/C17H17FN2O/c1-2-5-11-6-3-4-7-14(11)19-16-13-10-12(18)8-9-15(13)20-17(16)21/h3-4,6-10,16,19H,2,5H2,1H3,(H,20,21). The zero-order valence-corrected chi connectivity index (χ0v) is 11.8. The number of amides is 1. The van der Waals surface area contributed by atoms with E-state index >= 15 is 0 Å². The van der Waals surface area contributed by atoms with Gasteiger partial charge in [-0.1, -0.05) is 31.5 Å². The molecule has 1 amide bonds. The van der Waals surface area contributed by atoms with Gasteiger partial charge in [-0.2, -0.15) is 0 Å². The van der Waals surface area contributed by atoms with E-state index < -0.39 is 6.04 Å². The molecule has 3 rings (SSSR count). The average Bonchev–Trinajstić information content (AvgIpc) is 2.77. The molecule has 0 saturated heterocycles. The van der Waals surface area contributed by atoms with Crippen molar-refractivity contribution in [3.63, 3.8) is 0 Å². The number of halogens is 1. The lowest BCUT2D eigenvalue weighted by atomic mass is 10.0. The largest absolute Gasteiger partial charge is 0.370 e. The molecule has 2 N–H and O–H groups in total. The van der Waals surface area contributed by atoms with Crippen LogP contribution in [0.1, 0.15) is 30.5 Å². The Morgan fingerprint density at radius 3 is 2.86 bits per heavy atom. The Bertz CT molecular complexity index is 684. The quantitative estimate of drug-likeness (QED) is 0.894. The molecule has 0 saturated carbocycles. The Kier molecular flexibility index (Phi) is 3.60. The summed E-state index contributed by atoms with van der Waals surface area (Å²) in [6.45, 7) is 2.11. The fourth-order valence-corrected chi connectivity index (χ4v) is 2.68. The van der Waals surface area contributed by atoms with Crippen LogP contribution < -0.4 is 10.6 Å². The number of anilines is 2. The van der Waals surface area contributed by atoms with Crippen LogP contribution in [-0.2, 0) is 11.2 Å². The van der Waals surface area contributed by atoms with Crippen LogP contribution in [0, 0.1) is 5.82 Å². The highest BCUT2D eigenvalue weighted by Gasteiger charge is 2.31. The average molecular weight is 284 g/mol. The summed E-state index contributed by atoms with van der Waals surface area (Å²) >= 11 is 0. The monoisotopic (exact) mass is 284 g/mol. The van der Waals surface area contributed by atoms with E-state index in [0.29, 0.717) is 11.3 Å². The predicted octanol–water partition coefficient (Wildman–Crippen LogP) is 3.88. The molecule has 0 bridgehead atoms. The van der Waals surface area contributed by atoms with E-state index in [1.54, 1.807) is 6.07 Å². The van der Waals surface area contributed by atoms with Gasteiger partial charge in [-0.3, -0.25) is 4.79 Å². The third-order valence-corrected chi connectivity index (χ3v) is 3.68. The second-order valence-corrected chi connectivity index (χ2v) is 5.21. The lowest BCUT2D eigenvalue weighted by molar-refractivity contribution is -0.116. The molecular formula is C17H17FN2O. The number of aryl methyl sites for hydroxylation is 1. The van der Waals surface area contributed by atoms with Crippen molar-refractivity contribution < 1.29 is 9.18 Å². The van der Waals surface area contributed by atoms with Crippen molar-refractivity contribution in [2.75, 3.05) is 10.6 Å². The molecule has 1 atom stereocenters. The summed E-state index contributed by atoms with van der Waals surface area (Å²) in [7, 11) is 0. The van der Waals surface area contributed by atoms with Crippen LogP contribution in [0.3, 0.4) is 0 Å². The van der Waals surface area contributed by atoms with Crippen LogP contribution in [0.4, 0.5) is 15.8 Å². The van der Waals surface area contributed by atoms with Gasteiger partial charge in [-0.05, 0) is 36.2 Å². The smallest absolute Gasteiger partial charge is 0.251 e. The van der Waals surface area contributed by atoms with E-state index in [1.165, 1.54) is 12.1 Å². The molecule has 1 unspecified atom stereocenters. The molecule has 1 aliphatic rings. The number of hydrogen-bond acceptors (Lipinski definition) is 2. The van der Waals surface area contributed by atoms with Crippen LogP contribution in [0.25, 0.3) is 0 Å². The van der Waals surface area contributed by atoms with Crippen molar-refractivity contribution in [1.82, 2.24) is 0 Å². The molecule has 1 aliphatic heterocycles. The SMILES string of the molecule is CCCc1ccccc1NC1C(=O)Nc2ccc(F)cc21. The maximum absolute atomic E-state index is 13.4. The van der Waals surface area contributed by atoms with Crippen LogP contribution >= 0.6 is 0 Å². The van der Waals surface area contributed by atoms with E-state index in [4.69, 9.17) is 0 Å². The summed E-state index contributed by atoms with van der Waals surface area (Å²) < 4.78 is 13.4. The molecule has 0 spiro atoms. The first kappa shape index (κ1) is 13.6. The molecule has 2 aromatic carbocycles. The van der Waals surface area contributed by atoms with Gasteiger partial charge in [0.05, 0.1) is 0 Å². The number of benzene rings is 2. The Balaban J connectivity index is 1.93. The molecule has 0 aromatic heterocycles. The predicted molar refractivity (Wildman–Crippen MR) is 81.8 cm³/mol. The summed E-state index contributed by atoms with van der Waals surface area (Å²) in [4.78, 5) is 12.1. The van der Waals surface area contributed by atoms with Gasteiger partial charge >= 0.3 is 0 Å². The first-order valence-corrected chi connectivity index (χ1v) is 7.14. The summed E-state index contributed by atoms with van der Waals surface area (Å²) in [5.41, 5.74) is 3.42. The Labute approximate surface area is 123 Å². The molecule has 0 radical (unpaired) electrons. The van der Waals surface area contributed by atoms with Gasteiger partial charge in [0.2, 0.25) is 0 Å². The highest BCUT2D eigenvalue weighted by Crippen LogP contribution is 2.34. The highest BCUT2D eigenvalue weighted by molar-refractivity contribution is 6.04. The molecule has 4 heteroatoms. The normalized spacial score (nSPS) is 16.5. The van der Waals surface area contributed by atoms with Gasteiger partial charge < -0.3 is 10.6 Å². The third kappa shape index (κ3) is 2.61. The first-order chi connectivity index (χ1) is 10.2. The number of hydrogen-bond donors (Lipinski definition) is 2. The number of carbonyl (C=O) groups is 1. The molecule has 0 aliphatic carbocycles. The number of carbonyl (C=O) groups excluding carboxylic acids is 1. The second-order valence-electron chi connectivity index (χ2n) is 5.21. The Hall–Kier alpha value is -2.36. The van der Waals surface area contributed by atoms with Crippen molar-refractivity contribution in [2.24, 2.45) is 0 Å². The van der Waals surface area contributed by atoms with E-state index in [1.807, 2.05) is 24.3 Å². The maximum atomic E-state index is 13.4. The minimum Gasteiger partial charge on any atom is -0.370 e. The lowest BCUT2D eigenvalue weighted by Crippen LogP contribution is -2.20. The molecule has 3 nitrogen and oxygen atoms in total. The molecular weight excluding hydrogens is 267 g/mol. The van der Waals surface area contributed by atoms with E-state index in [-0.39, 0.29) is 11.7 Å². The molecule has 108 valence electrons. The van der Waals surface area contributed by atoms with Crippen LogP contribution in [0.2, 0.25) is 0 Å². The van der Waals surface area contributed by atoms with Crippen molar-refractivity contribution in [2.45, 2.75) is 25.8 Å². The molecule has 0 fully saturated rings. The fourth-order valence-electron chi connectivity index (χ4n) is 2.68. The number of nitrogens with one attached hydrogen (secondary N) is 2. The van der Waals surface area contributed by atoms with E-state index in [2.05, 4.69) is 17.6 Å². The van der Waals surface area contributed by atoms with Gasteiger partial charge in [0, 0.05) is 16.9 Å². The topological polar surface area (TPSA) is 41.1 Å². The second kappa shape index (κ2) is 5.56. The number of rotatable bonds is 4. The zero-order valence-electron chi connectivity index (χ0n) is 11.8. The van der Waals surface area contributed by atoms with Crippen molar-refractivity contribution in [3.8, 4) is 0 Å². The lowest BCUT2D eigenvalue weighted by Gasteiger charge is -2.16. The number of fused-ring (bicyclic) bond motifs is 1. The van der Waals surface area contributed by atoms with Gasteiger partial charge in [0.15, 0.2) is 0 Å². The van der Waals surface area contributed by atoms with Crippen molar-refractivity contribution in [1.29, 1.82) is 0 Å². The Morgan fingerprint density at radius 1 is 1.24 bits per heavy atom. The maximum Gasteiger partial charge on any atom is 0.251 e. The highest BCUT2D eigenvalue weighted by atomic mass is 19.1.